The predicted octanol–water partition coefficient (Wildman–Crippen LogP) is 2.44. The fourth-order valence-corrected chi connectivity index (χ4v) is 1.94. The van der Waals surface area contributed by atoms with Crippen molar-refractivity contribution in [2.75, 3.05) is 0 Å². The highest BCUT2D eigenvalue weighted by molar-refractivity contribution is 5.86. The Labute approximate surface area is 114 Å². The predicted molar refractivity (Wildman–Crippen MR) is 71.1 cm³/mol. The number of rotatable bonds is 3. The van der Waals surface area contributed by atoms with Gasteiger partial charge in [0, 0.05) is 18.7 Å². The Hall–Kier alpha value is -2.89. The van der Waals surface area contributed by atoms with Gasteiger partial charge in [0.1, 0.15) is 5.69 Å². The fraction of sp³-hybridized carbons (Fsp3) is 0.0714. The molecule has 0 fully saturated rings. The lowest BCUT2D eigenvalue weighted by Gasteiger charge is -1.94. The molecule has 6 nitrogen and oxygen atoms in total. The Morgan fingerprint density at radius 1 is 1.25 bits per heavy atom. The first-order chi connectivity index (χ1) is 9.65. The van der Waals surface area contributed by atoms with Crippen LogP contribution in [0.25, 0.3) is 22.7 Å². The molecule has 1 N–H and O–H groups in total. The van der Waals surface area contributed by atoms with Crippen molar-refractivity contribution >= 4 is 5.97 Å². The van der Waals surface area contributed by atoms with Crippen LogP contribution in [-0.2, 0) is 7.05 Å². The van der Waals surface area contributed by atoms with Gasteiger partial charge in [0.15, 0.2) is 11.5 Å². The highest BCUT2D eigenvalue weighted by Crippen LogP contribution is 2.25. The van der Waals surface area contributed by atoms with E-state index in [0.717, 1.165) is 11.3 Å². The summed E-state index contributed by atoms with van der Waals surface area (Å²) < 4.78 is 6.68. The molecule has 2 heterocycles. The van der Waals surface area contributed by atoms with Gasteiger partial charge in [0.05, 0.1) is 5.69 Å². The number of aromatic carboxylic acids is 1. The van der Waals surface area contributed by atoms with E-state index in [2.05, 4.69) is 10.3 Å². The van der Waals surface area contributed by atoms with E-state index in [1.807, 2.05) is 36.4 Å². The fourth-order valence-electron chi connectivity index (χ4n) is 1.94. The summed E-state index contributed by atoms with van der Waals surface area (Å²) in [6, 6.07) is 12.9. The second-order valence-electron chi connectivity index (χ2n) is 4.29. The molecule has 0 spiro atoms. The third kappa shape index (κ3) is 2.07. The van der Waals surface area contributed by atoms with Crippen molar-refractivity contribution in [1.82, 2.24) is 14.9 Å². The summed E-state index contributed by atoms with van der Waals surface area (Å²) in [5.41, 5.74) is 2.31. The molecule has 2 aromatic heterocycles. The lowest BCUT2D eigenvalue weighted by molar-refractivity contribution is 0.0686. The van der Waals surface area contributed by atoms with Gasteiger partial charge < -0.3 is 9.63 Å². The summed E-state index contributed by atoms with van der Waals surface area (Å²) in [7, 11) is 1.77. The van der Waals surface area contributed by atoms with Crippen LogP contribution in [0, 0.1) is 0 Å². The molecule has 100 valence electrons. The van der Waals surface area contributed by atoms with Crippen LogP contribution < -0.4 is 0 Å². The Morgan fingerprint density at radius 3 is 2.65 bits per heavy atom. The van der Waals surface area contributed by atoms with Crippen LogP contribution in [0.15, 0.2) is 47.0 Å². The van der Waals surface area contributed by atoms with Crippen molar-refractivity contribution in [3.63, 3.8) is 0 Å². The topological polar surface area (TPSA) is 81.2 Å². The maximum absolute atomic E-state index is 10.8. The van der Waals surface area contributed by atoms with Gasteiger partial charge in [-0.2, -0.15) is 5.10 Å². The number of carbonyl (C=O) groups is 1. The standard InChI is InChI=1S/C14H11N3O3/c1-17-12(13-8-11(14(18)19)16-20-13)7-10(15-17)9-5-3-2-4-6-9/h2-8H,1H3,(H,18,19). The minimum absolute atomic E-state index is 0.123. The molecule has 0 aliphatic heterocycles. The Bertz CT molecular complexity index is 759. The monoisotopic (exact) mass is 269 g/mol. The summed E-state index contributed by atoms with van der Waals surface area (Å²) in [4.78, 5) is 10.8. The van der Waals surface area contributed by atoms with Gasteiger partial charge in [0.2, 0.25) is 0 Å². The van der Waals surface area contributed by atoms with E-state index in [0.29, 0.717) is 11.5 Å². The zero-order chi connectivity index (χ0) is 14.1. The summed E-state index contributed by atoms with van der Waals surface area (Å²) in [6.45, 7) is 0. The van der Waals surface area contributed by atoms with Crippen LogP contribution >= 0.6 is 0 Å². The van der Waals surface area contributed by atoms with Gasteiger partial charge in [-0.3, -0.25) is 4.68 Å². The first-order valence-electron chi connectivity index (χ1n) is 5.95. The third-order valence-electron chi connectivity index (χ3n) is 2.93. The van der Waals surface area contributed by atoms with E-state index in [9.17, 15) is 4.79 Å². The summed E-state index contributed by atoms with van der Waals surface area (Å²) in [5.74, 6) is -0.745. The zero-order valence-corrected chi connectivity index (χ0v) is 10.6. The molecule has 0 atom stereocenters. The zero-order valence-electron chi connectivity index (χ0n) is 10.6. The van der Waals surface area contributed by atoms with Crippen molar-refractivity contribution < 1.29 is 14.4 Å². The van der Waals surface area contributed by atoms with E-state index in [1.54, 1.807) is 11.7 Å². The molecule has 3 aromatic rings. The highest BCUT2D eigenvalue weighted by Gasteiger charge is 2.16. The lowest BCUT2D eigenvalue weighted by Crippen LogP contribution is -1.95. The first-order valence-corrected chi connectivity index (χ1v) is 5.95. The lowest BCUT2D eigenvalue weighted by atomic mass is 10.1. The number of benzene rings is 1. The smallest absolute Gasteiger partial charge is 0.358 e. The van der Waals surface area contributed by atoms with Crippen molar-refractivity contribution in [2.45, 2.75) is 0 Å². The van der Waals surface area contributed by atoms with E-state index in [4.69, 9.17) is 9.63 Å². The maximum Gasteiger partial charge on any atom is 0.358 e. The molecule has 0 saturated heterocycles. The van der Waals surface area contributed by atoms with Gasteiger partial charge >= 0.3 is 5.97 Å². The average molecular weight is 269 g/mol. The molecule has 0 saturated carbocycles. The molecule has 6 heteroatoms. The molecular formula is C14H11N3O3. The van der Waals surface area contributed by atoms with Gasteiger partial charge in [0.25, 0.3) is 0 Å². The van der Waals surface area contributed by atoms with Crippen LogP contribution in [0.1, 0.15) is 10.5 Å². The van der Waals surface area contributed by atoms with Gasteiger partial charge in [-0.15, -0.1) is 0 Å². The molecule has 0 bridgehead atoms. The van der Waals surface area contributed by atoms with Crippen LogP contribution in [-0.4, -0.2) is 26.0 Å². The SMILES string of the molecule is Cn1nc(-c2ccccc2)cc1-c1cc(C(=O)O)no1. The largest absolute Gasteiger partial charge is 0.476 e. The average Bonchev–Trinajstić information content (AvgIpc) is 3.06. The normalized spacial score (nSPS) is 10.7. The van der Waals surface area contributed by atoms with E-state index in [-0.39, 0.29) is 5.69 Å². The molecule has 0 aliphatic carbocycles. The highest BCUT2D eigenvalue weighted by atomic mass is 16.5. The molecule has 3 rings (SSSR count). The first kappa shape index (κ1) is 12.2. The second kappa shape index (κ2) is 4.65. The molecule has 1 aromatic carbocycles. The van der Waals surface area contributed by atoms with Gasteiger partial charge in [-0.1, -0.05) is 35.5 Å². The Kier molecular flexibility index (Phi) is 2.83. The number of aryl methyl sites for hydroxylation is 1. The van der Waals surface area contributed by atoms with Crippen LogP contribution in [0.4, 0.5) is 0 Å². The van der Waals surface area contributed by atoms with E-state index >= 15 is 0 Å². The third-order valence-corrected chi connectivity index (χ3v) is 2.93. The van der Waals surface area contributed by atoms with Crippen molar-refractivity contribution in [3.8, 4) is 22.7 Å². The van der Waals surface area contributed by atoms with Crippen LogP contribution in [0.5, 0.6) is 0 Å². The van der Waals surface area contributed by atoms with Crippen molar-refractivity contribution in [3.05, 3.63) is 48.2 Å². The molecule has 0 radical (unpaired) electrons. The number of hydrogen-bond donors (Lipinski definition) is 1. The van der Waals surface area contributed by atoms with E-state index < -0.39 is 5.97 Å². The number of hydrogen-bond acceptors (Lipinski definition) is 4. The van der Waals surface area contributed by atoms with Gasteiger partial charge in [-0.25, -0.2) is 4.79 Å². The van der Waals surface area contributed by atoms with Crippen LogP contribution in [0.3, 0.4) is 0 Å². The Balaban J connectivity index is 2.02. The Morgan fingerprint density at radius 2 is 2.00 bits per heavy atom. The number of carboxylic acid groups (broad SMARTS) is 1. The number of nitrogens with zero attached hydrogens (tertiary/aromatic N) is 3. The van der Waals surface area contributed by atoms with Crippen molar-refractivity contribution in [1.29, 1.82) is 0 Å². The molecule has 20 heavy (non-hydrogen) atoms. The quantitative estimate of drug-likeness (QED) is 0.789. The summed E-state index contributed by atoms with van der Waals surface area (Å²) in [6.07, 6.45) is 0. The minimum atomic E-state index is -1.12. The molecule has 0 amide bonds. The molecule has 0 unspecified atom stereocenters. The second-order valence-corrected chi connectivity index (χ2v) is 4.29. The maximum atomic E-state index is 10.8. The minimum Gasteiger partial charge on any atom is -0.476 e. The van der Waals surface area contributed by atoms with Crippen molar-refractivity contribution in [2.24, 2.45) is 7.05 Å². The summed E-state index contributed by atoms with van der Waals surface area (Å²) in [5, 5.41) is 16.7. The summed E-state index contributed by atoms with van der Waals surface area (Å²) >= 11 is 0. The molecule has 0 aliphatic rings. The number of aromatic nitrogens is 3. The van der Waals surface area contributed by atoms with E-state index in [1.165, 1.54) is 6.07 Å². The number of carboxylic acids is 1. The molecular weight excluding hydrogens is 258 g/mol. The van der Waals surface area contributed by atoms with Crippen LogP contribution in [0.2, 0.25) is 0 Å². The van der Waals surface area contributed by atoms with Gasteiger partial charge in [-0.05, 0) is 6.07 Å².